The molecule has 0 atom stereocenters. The first-order valence-electron chi connectivity index (χ1n) is 6.41. The van der Waals surface area contributed by atoms with Gasteiger partial charge in [0.1, 0.15) is 11.4 Å². The maximum absolute atomic E-state index is 14.0. The molecule has 0 aromatic heterocycles. The molecule has 0 amide bonds. The van der Waals surface area contributed by atoms with Gasteiger partial charge in [-0.1, -0.05) is 13.0 Å². The van der Waals surface area contributed by atoms with Crippen LogP contribution in [0.4, 0.5) is 4.39 Å². The summed E-state index contributed by atoms with van der Waals surface area (Å²) in [4.78, 5) is 24.5. The second kappa shape index (κ2) is 7.84. The van der Waals surface area contributed by atoms with Gasteiger partial charge in [-0.3, -0.25) is 4.79 Å². The smallest absolute Gasteiger partial charge is 0.341 e. The fourth-order valence-corrected chi connectivity index (χ4v) is 3.35. The van der Waals surface area contributed by atoms with Crippen molar-refractivity contribution in [3.63, 3.8) is 0 Å². The minimum Gasteiger partial charge on any atom is -0.462 e. The van der Waals surface area contributed by atoms with Crippen molar-refractivity contribution in [3.8, 4) is 0 Å². The number of allylic oxidation sites excluding steroid dienone is 1. The summed E-state index contributed by atoms with van der Waals surface area (Å²) in [6.45, 7) is 5.12. The van der Waals surface area contributed by atoms with Crippen LogP contribution >= 0.6 is 31.9 Å². The van der Waals surface area contributed by atoms with Crippen molar-refractivity contribution >= 4 is 43.6 Å². The van der Waals surface area contributed by atoms with Gasteiger partial charge in [0.25, 0.3) is 0 Å². The Morgan fingerprint density at radius 3 is 2.43 bits per heavy atom. The van der Waals surface area contributed by atoms with Gasteiger partial charge in [0.05, 0.1) is 11.1 Å². The van der Waals surface area contributed by atoms with Gasteiger partial charge in [0.2, 0.25) is 5.78 Å². The lowest BCUT2D eigenvalue weighted by Crippen LogP contribution is -2.18. The molecular weight excluding hydrogens is 407 g/mol. The van der Waals surface area contributed by atoms with Crippen molar-refractivity contribution < 1.29 is 18.7 Å². The highest BCUT2D eigenvalue weighted by Crippen LogP contribution is 2.31. The quantitative estimate of drug-likeness (QED) is 0.172. The molecule has 1 aromatic carbocycles. The van der Waals surface area contributed by atoms with Crippen LogP contribution in [0.3, 0.4) is 0 Å². The first-order valence-corrected chi connectivity index (χ1v) is 7.99. The van der Waals surface area contributed by atoms with Gasteiger partial charge in [0, 0.05) is 10.0 Å². The number of carbonyl (C=O) groups is 2. The van der Waals surface area contributed by atoms with Gasteiger partial charge in [-0.25, -0.2) is 9.18 Å². The number of esters is 1. The van der Waals surface area contributed by atoms with E-state index in [1.165, 1.54) is 19.1 Å². The summed E-state index contributed by atoms with van der Waals surface area (Å²) in [5.41, 5.74) is 0.223. The highest BCUT2D eigenvalue weighted by Gasteiger charge is 2.26. The van der Waals surface area contributed by atoms with Crippen molar-refractivity contribution in [2.45, 2.75) is 27.2 Å². The Hall–Kier alpha value is -1.01. The zero-order valence-electron chi connectivity index (χ0n) is 11.9. The van der Waals surface area contributed by atoms with E-state index in [0.29, 0.717) is 10.9 Å². The van der Waals surface area contributed by atoms with E-state index in [0.717, 1.165) is 0 Å². The molecule has 1 aromatic rings. The number of benzene rings is 1. The molecule has 0 saturated heterocycles. The van der Waals surface area contributed by atoms with Crippen LogP contribution in [0.1, 0.15) is 36.2 Å². The molecule has 21 heavy (non-hydrogen) atoms. The summed E-state index contributed by atoms with van der Waals surface area (Å²) in [6, 6.07) is 1.45. The third-order valence-electron chi connectivity index (χ3n) is 2.78. The third-order valence-corrected chi connectivity index (χ3v) is 3.98. The molecule has 0 bridgehead atoms. The van der Waals surface area contributed by atoms with E-state index >= 15 is 0 Å². The van der Waals surface area contributed by atoms with Crippen molar-refractivity contribution in [2.75, 3.05) is 6.61 Å². The summed E-state index contributed by atoms with van der Waals surface area (Å²) in [6.07, 6.45) is 1.99. The number of hydrogen-bond acceptors (Lipinski definition) is 3. The Morgan fingerprint density at radius 1 is 1.29 bits per heavy atom. The second-order valence-electron chi connectivity index (χ2n) is 4.23. The Balaban J connectivity index is 3.38. The third kappa shape index (κ3) is 4.01. The van der Waals surface area contributed by atoms with Crippen LogP contribution in [0.2, 0.25) is 0 Å². The topological polar surface area (TPSA) is 43.4 Å². The molecule has 0 spiro atoms. The van der Waals surface area contributed by atoms with Crippen LogP contribution in [-0.2, 0) is 9.53 Å². The lowest BCUT2D eigenvalue weighted by atomic mass is 9.98. The molecular formula is C15H15Br2FO3. The van der Waals surface area contributed by atoms with E-state index in [2.05, 4.69) is 31.9 Å². The zero-order chi connectivity index (χ0) is 16.2. The van der Waals surface area contributed by atoms with E-state index < -0.39 is 17.6 Å². The van der Waals surface area contributed by atoms with Gasteiger partial charge >= 0.3 is 5.97 Å². The molecule has 0 radical (unpaired) electrons. The van der Waals surface area contributed by atoms with Gasteiger partial charge < -0.3 is 4.74 Å². The van der Waals surface area contributed by atoms with E-state index in [4.69, 9.17) is 4.74 Å². The minimum atomic E-state index is -0.695. The van der Waals surface area contributed by atoms with Crippen molar-refractivity contribution in [1.82, 2.24) is 0 Å². The number of halogens is 3. The Bertz CT molecular complexity index is 609. The molecule has 114 valence electrons. The lowest BCUT2D eigenvalue weighted by Gasteiger charge is -2.12. The largest absolute Gasteiger partial charge is 0.462 e. The highest BCUT2D eigenvalue weighted by molar-refractivity contribution is 9.11. The number of carbonyl (C=O) groups excluding carboxylic acids is 2. The van der Waals surface area contributed by atoms with Crippen LogP contribution in [0.15, 0.2) is 26.7 Å². The number of hydrogen-bond donors (Lipinski definition) is 0. The summed E-state index contributed by atoms with van der Waals surface area (Å²) >= 11 is 6.32. The predicted octanol–water partition coefficient (Wildman–Crippen LogP) is 4.74. The normalized spacial score (nSPS) is 11.4. The average molecular weight is 422 g/mol. The fourth-order valence-electron chi connectivity index (χ4n) is 1.81. The molecule has 0 heterocycles. The zero-order valence-corrected chi connectivity index (χ0v) is 15.1. The van der Waals surface area contributed by atoms with Crippen LogP contribution in [0, 0.1) is 12.7 Å². The Morgan fingerprint density at radius 2 is 1.90 bits per heavy atom. The van der Waals surface area contributed by atoms with Crippen molar-refractivity contribution in [3.05, 3.63) is 43.6 Å². The Labute approximate surface area is 139 Å². The molecule has 1 rings (SSSR count). The van der Waals surface area contributed by atoms with E-state index in [-0.39, 0.29) is 27.8 Å². The van der Waals surface area contributed by atoms with Crippen LogP contribution < -0.4 is 0 Å². The molecule has 0 aliphatic rings. The molecule has 0 N–H and O–H groups in total. The van der Waals surface area contributed by atoms with Crippen molar-refractivity contribution in [2.24, 2.45) is 0 Å². The SMILES string of the molecule is CCC=C(C(=O)OCC)C(=O)c1c(Br)cc(Br)c(F)c1C. The first kappa shape index (κ1) is 18.0. The van der Waals surface area contributed by atoms with E-state index in [9.17, 15) is 14.0 Å². The average Bonchev–Trinajstić information content (AvgIpc) is 2.42. The minimum absolute atomic E-state index is 0.0788. The molecule has 0 unspecified atom stereocenters. The number of rotatable bonds is 5. The predicted molar refractivity (Wildman–Crippen MR) is 85.9 cm³/mol. The summed E-state index contributed by atoms with van der Waals surface area (Å²) in [5.74, 6) is -1.77. The summed E-state index contributed by atoms with van der Waals surface area (Å²) in [7, 11) is 0. The lowest BCUT2D eigenvalue weighted by molar-refractivity contribution is -0.138. The maximum atomic E-state index is 14.0. The molecule has 6 heteroatoms. The van der Waals surface area contributed by atoms with Gasteiger partial charge in [-0.2, -0.15) is 0 Å². The molecule has 0 saturated carbocycles. The van der Waals surface area contributed by atoms with Gasteiger partial charge in [-0.15, -0.1) is 0 Å². The van der Waals surface area contributed by atoms with E-state index in [1.807, 2.05) is 0 Å². The number of Topliss-reactive ketones (excluding diaryl/α,β-unsaturated/α-hetero) is 1. The van der Waals surface area contributed by atoms with E-state index in [1.54, 1.807) is 13.8 Å². The summed E-state index contributed by atoms with van der Waals surface area (Å²) in [5, 5.41) is 0. The molecule has 3 nitrogen and oxygen atoms in total. The maximum Gasteiger partial charge on any atom is 0.341 e. The monoisotopic (exact) mass is 420 g/mol. The van der Waals surface area contributed by atoms with Gasteiger partial charge in [-0.05, 0) is 63.8 Å². The summed E-state index contributed by atoms with van der Waals surface area (Å²) < 4.78 is 19.5. The van der Waals surface area contributed by atoms with Gasteiger partial charge in [0.15, 0.2) is 0 Å². The standard InChI is InChI=1S/C15H15Br2FO3/c1-4-6-9(15(20)21-5-2)14(19)12-8(3)13(18)11(17)7-10(12)16/h6-7H,4-5H2,1-3H3. The van der Waals surface area contributed by atoms with Crippen molar-refractivity contribution in [1.29, 1.82) is 0 Å². The van der Waals surface area contributed by atoms with Crippen LogP contribution in [-0.4, -0.2) is 18.4 Å². The molecule has 0 aliphatic carbocycles. The fraction of sp³-hybridized carbons (Fsp3) is 0.333. The number of ketones is 1. The molecule has 0 aliphatic heterocycles. The highest BCUT2D eigenvalue weighted by atomic mass is 79.9. The van der Waals surface area contributed by atoms with Crippen LogP contribution in [0.25, 0.3) is 0 Å². The molecule has 0 fully saturated rings. The second-order valence-corrected chi connectivity index (χ2v) is 5.94. The van der Waals surface area contributed by atoms with Crippen LogP contribution in [0.5, 0.6) is 0 Å². The Kier molecular flexibility index (Phi) is 6.74. The number of ether oxygens (including phenoxy) is 1. The first-order chi connectivity index (χ1) is 9.84.